The zero-order valence-electron chi connectivity index (χ0n) is 29.6. The Morgan fingerprint density at radius 3 is 2.13 bits per heavy atom. The second-order valence-corrected chi connectivity index (χ2v) is 12.8. The lowest BCUT2D eigenvalue weighted by molar-refractivity contribution is 0.243. The molecule has 3 rings (SSSR count). The summed E-state index contributed by atoms with van der Waals surface area (Å²) in [5.74, 6) is 7.64. The molecule has 0 fully saturated rings. The molecule has 0 unspecified atom stereocenters. The molecular formula is C39H54N4O3. The Morgan fingerprint density at radius 2 is 1.57 bits per heavy atom. The Kier molecular flexibility index (Phi) is 13.5. The molecule has 2 amide bonds. The van der Waals surface area contributed by atoms with Gasteiger partial charge < -0.3 is 19.9 Å². The molecule has 3 aromatic rings. The second-order valence-electron chi connectivity index (χ2n) is 12.8. The molecule has 0 atom stereocenters. The van der Waals surface area contributed by atoms with Crippen molar-refractivity contribution in [3.05, 3.63) is 75.2 Å². The van der Waals surface area contributed by atoms with E-state index in [1.165, 1.54) is 0 Å². The molecule has 2 aromatic carbocycles. The van der Waals surface area contributed by atoms with Gasteiger partial charge in [0.1, 0.15) is 11.4 Å². The fourth-order valence-electron chi connectivity index (χ4n) is 5.58. The lowest BCUT2D eigenvalue weighted by atomic mass is 9.93. The number of unbranched alkanes of at least 4 members (excludes halogenated alkanes) is 1. The van der Waals surface area contributed by atoms with Crippen LogP contribution in [0.2, 0.25) is 0 Å². The average Bonchev–Trinajstić information content (AvgIpc) is 3.00. The number of anilines is 2. The van der Waals surface area contributed by atoms with Gasteiger partial charge in [-0.25, -0.2) is 4.79 Å². The summed E-state index contributed by atoms with van der Waals surface area (Å²) in [6.07, 6.45) is 3.59. The largest absolute Gasteiger partial charge is 0.490 e. The highest BCUT2D eigenvalue weighted by Crippen LogP contribution is 2.38. The summed E-state index contributed by atoms with van der Waals surface area (Å²) >= 11 is 0. The first-order chi connectivity index (χ1) is 21.9. The molecule has 1 heterocycles. The van der Waals surface area contributed by atoms with Crippen LogP contribution >= 0.6 is 0 Å². The summed E-state index contributed by atoms with van der Waals surface area (Å²) in [6.45, 7) is 23.8. The van der Waals surface area contributed by atoms with Crippen molar-refractivity contribution in [2.45, 2.75) is 107 Å². The maximum Gasteiger partial charge on any atom is 0.323 e. The van der Waals surface area contributed by atoms with Crippen LogP contribution < -0.4 is 20.9 Å². The van der Waals surface area contributed by atoms with Crippen molar-refractivity contribution in [3.8, 4) is 28.7 Å². The van der Waals surface area contributed by atoms with Gasteiger partial charge in [-0.1, -0.05) is 84.9 Å². The van der Waals surface area contributed by atoms with Crippen molar-refractivity contribution in [2.24, 2.45) is 0 Å². The van der Waals surface area contributed by atoms with Crippen molar-refractivity contribution in [3.63, 3.8) is 0 Å². The molecule has 0 aliphatic heterocycles. The van der Waals surface area contributed by atoms with Crippen molar-refractivity contribution in [1.82, 2.24) is 9.47 Å². The normalized spacial score (nSPS) is 11.3. The number of hydrogen-bond donors (Lipinski definition) is 2. The molecule has 0 radical (unpaired) electrons. The fraction of sp³-hybridized carbons (Fsp3) is 0.487. The topological polar surface area (TPSA) is 75.6 Å². The van der Waals surface area contributed by atoms with Crippen molar-refractivity contribution in [1.29, 1.82) is 0 Å². The number of rotatable bonds is 13. The molecular weight excluding hydrogens is 572 g/mol. The molecule has 0 bridgehead atoms. The summed E-state index contributed by atoms with van der Waals surface area (Å²) in [7, 11) is 0. The van der Waals surface area contributed by atoms with Gasteiger partial charge in [0.25, 0.3) is 5.56 Å². The number of aryl methyl sites for hydroxylation is 2. The monoisotopic (exact) mass is 626 g/mol. The minimum Gasteiger partial charge on any atom is -0.490 e. The molecule has 248 valence electrons. The minimum absolute atomic E-state index is 0.0923. The van der Waals surface area contributed by atoms with E-state index < -0.39 is 6.03 Å². The van der Waals surface area contributed by atoms with Gasteiger partial charge in [0.2, 0.25) is 0 Å². The number of carbonyl (C=O) groups is 1. The Labute approximate surface area is 276 Å². The molecule has 1 aromatic heterocycles. The number of nitrogens with zero attached hydrogens (tertiary/aromatic N) is 2. The van der Waals surface area contributed by atoms with E-state index in [1.807, 2.05) is 63.4 Å². The molecule has 46 heavy (non-hydrogen) atoms. The molecule has 7 nitrogen and oxygen atoms in total. The van der Waals surface area contributed by atoms with E-state index >= 15 is 0 Å². The van der Waals surface area contributed by atoms with Gasteiger partial charge in [-0.3, -0.25) is 9.69 Å². The molecule has 0 aliphatic rings. The van der Waals surface area contributed by atoms with Gasteiger partial charge in [-0.15, -0.1) is 0 Å². The molecule has 7 heteroatoms. The van der Waals surface area contributed by atoms with E-state index in [4.69, 9.17) is 4.74 Å². The predicted octanol–water partition coefficient (Wildman–Crippen LogP) is 9.00. The molecule has 0 saturated heterocycles. The first kappa shape index (κ1) is 36.4. The van der Waals surface area contributed by atoms with Crippen LogP contribution in [0, 0.1) is 18.8 Å². The zero-order valence-corrected chi connectivity index (χ0v) is 29.6. The van der Waals surface area contributed by atoms with Crippen LogP contribution in [0.3, 0.4) is 0 Å². The number of hydrogen-bond acceptors (Lipinski definition) is 4. The third-order valence-corrected chi connectivity index (χ3v) is 8.11. The Bertz CT molecular complexity index is 1580. The predicted molar refractivity (Wildman–Crippen MR) is 193 cm³/mol. The summed E-state index contributed by atoms with van der Waals surface area (Å²) in [6, 6.07) is 11.5. The first-order valence-electron chi connectivity index (χ1n) is 16.9. The molecule has 0 spiro atoms. The number of aromatic nitrogens is 1. The van der Waals surface area contributed by atoms with E-state index in [9.17, 15) is 9.59 Å². The number of carbonyl (C=O) groups excluding carboxylic acids is 1. The molecule has 0 aliphatic carbocycles. The van der Waals surface area contributed by atoms with Crippen LogP contribution in [0.5, 0.6) is 5.75 Å². The zero-order chi connectivity index (χ0) is 34.0. The number of nitrogens with one attached hydrogen (secondary N) is 2. The number of amides is 2. The highest BCUT2D eigenvalue weighted by molar-refractivity contribution is 6.04. The Morgan fingerprint density at radius 1 is 0.935 bits per heavy atom. The maximum absolute atomic E-state index is 14.1. The van der Waals surface area contributed by atoms with Gasteiger partial charge >= 0.3 is 6.03 Å². The number of pyridine rings is 1. The third kappa shape index (κ3) is 9.26. The van der Waals surface area contributed by atoms with Gasteiger partial charge in [0.05, 0.1) is 12.6 Å². The summed E-state index contributed by atoms with van der Waals surface area (Å²) in [5, 5.41) is 6.14. The smallest absolute Gasteiger partial charge is 0.323 e. The summed E-state index contributed by atoms with van der Waals surface area (Å²) in [4.78, 5) is 30.3. The van der Waals surface area contributed by atoms with Crippen LogP contribution in [0.1, 0.15) is 109 Å². The van der Waals surface area contributed by atoms with Gasteiger partial charge in [-0.05, 0) is 87.0 Å². The van der Waals surface area contributed by atoms with Gasteiger partial charge in [0, 0.05) is 35.1 Å². The Balaban J connectivity index is 2.21. The summed E-state index contributed by atoms with van der Waals surface area (Å²) < 4.78 is 7.97. The first-order valence-corrected chi connectivity index (χ1v) is 16.9. The van der Waals surface area contributed by atoms with Crippen LogP contribution in [-0.2, 0) is 6.54 Å². The van der Waals surface area contributed by atoms with E-state index in [0.29, 0.717) is 24.4 Å². The lowest BCUT2D eigenvalue weighted by Gasteiger charge is -2.22. The van der Waals surface area contributed by atoms with Crippen molar-refractivity contribution in [2.75, 3.05) is 30.3 Å². The standard InChI is InChI=1S/C39H54N4O3/c1-11-14-23-43-25-29(10)35(33-24-30(17-16-22-42(12-2)13-3)20-21-34(33)46-28(8)9)37(38(43)44)41-39(45)40-36-31(26(4)5)18-15-19-32(36)27(6)7/h15,18-21,24-28H,11-14,22-23H2,1-10H3,(H2,40,41,45). The van der Waals surface area contributed by atoms with E-state index in [0.717, 1.165) is 59.4 Å². The van der Waals surface area contributed by atoms with E-state index in [1.54, 1.807) is 4.57 Å². The minimum atomic E-state index is -0.456. The maximum atomic E-state index is 14.1. The fourth-order valence-corrected chi connectivity index (χ4v) is 5.58. The quantitative estimate of drug-likeness (QED) is 0.186. The highest BCUT2D eigenvalue weighted by atomic mass is 16.5. The van der Waals surface area contributed by atoms with Gasteiger partial charge in [0.15, 0.2) is 0 Å². The third-order valence-electron chi connectivity index (χ3n) is 8.11. The Hall–Kier alpha value is -4.02. The van der Waals surface area contributed by atoms with Crippen LogP contribution in [0.25, 0.3) is 11.1 Å². The number of para-hydroxylation sites is 1. The SMILES string of the molecule is CCCCn1cc(C)c(-c2cc(C#CCN(CC)CC)ccc2OC(C)C)c(NC(=O)Nc2c(C(C)C)cccc2C(C)C)c1=O. The average molecular weight is 627 g/mol. The van der Waals surface area contributed by atoms with Crippen LogP contribution in [0.15, 0.2) is 47.4 Å². The number of benzene rings is 2. The number of urea groups is 1. The molecule has 2 N–H and O–H groups in total. The van der Waals surface area contributed by atoms with Gasteiger partial charge in [-0.2, -0.15) is 0 Å². The molecule has 0 saturated carbocycles. The van der Waals surface area contributed by atoms with E-state index in [-0.39, 0.29) is 29.2 Å². The highest BCUT2D eigenvalue weighted by Gasteiger charge is 2.23. The van der Waals surface area contributed by atoms with Crippen molar-refractivity contribution < 1.29 is 9.53 Å². The second kappa shape index (κ2) is 17.1. The lowest BCUT2D eigenvalue weighted by Crippen LogP contribution is -2.30. The van der Waals surface area contributed by atoms with Crippen LogP contribution in [-0.4, -0.2) is 41.2 Å². The van der Waals surface area contributed by atoms with Crippen LogP contribution in [0.4, 0.5) is 16.2 Å². The van der Waals surface area contributed by atoms with E-state index in [2.05, 4.69) is 75.8 Å². The number of ether oxygens (including phenoxy) is 1. The van der Waals surface area contributed by atoms with Crippen molar-refractivity contribution >= 4 is 17.4 Å². The summed E-state index contributed by atoms with van der Waals surface area (Å²) in [5.41, 5.74) is 5.90.